The molecule has 0 heterocycles. The van der Waals surface area contributed by atoms with Crippen LogP contribution in [-0.4, -0.2) is 43.1 Å². The molecule has 0 aliphatic rings. The monoisotopic (exact) mass is 431 g/mol. The SMILES string of the molecule is COc1cc(CO)c(CCCCc2ccc(OC)c(NC(C)(C)C(=O)O)c2)c(OC)c1. The summed E-state index contributed by atoms with van der Waals surface area (Å²) in [4.78, 5) is 11.5. The molecule has 2 aromatic carbocycles. The number of methoxy groups -OCH3 is 3. The van der Waals surface area contributed by atoms with Gasteiger partial charge in [0.2, 0.25) is 0 Å². The normalized spacial score (nSPS) is 11.2. The number of aliphatic hydroxyl groups is 1. The van der Waals surface area contributed by atoms with E-state index >= 15 is 0 Å². The molecule has 0 unspecified atom stereocenters. The molecule has 0 amide bonds. The molecule has 0 spiro atoms. The maximum atomic E-state index is 11.5. The van der Waals surface area contributed by atoms with Gasteiger partial charge in [-0.15, -0.1) is 0 Å². The number of unbranched alkanes of at least 4 members (excludes halogenated alkanes) is 1. The first kappa shape index (κ1) is 24.3. The number of carboxylic acid groups (broad SMARTS) is 1. The van der Waals surface area contributed by atoms with Crippen molar-refractivity contribution >= 4 is 11.7 Å². The summed E-state index contributed by atoms with van der Waals surface area (Å²) < 4.78 is 16.1. The van der Waals surface area contributed by atoms with Crippen molar-refractivity contribution in [2.75, 3.05) is 26.6 Å². The Morgan fingerprint density at radius 3 is 2.23 bits per heavy atom. The van der Waals surface area contributed by atoms with E-state index in [2.05, 4.69) is 5.32 Å². The van der Waals surface area contributed by atoms with Crippen molar-refractivity contribution in [1.82, 2.24) is 0 Å². The number of hydrogen-bond donors (Lipinski definition) is 3. The average molecular weight is 432 g/mol. The van der Waals surface area contributed by atoms with Gasteiger partial charge in [-0.1, -0.05) is 6.07 Å². The number of aryl methyl sites for hydroxylation is 1. The summed E-state index contributed by atoms with van der Waals surface area (Å²) in [6.07, 6.45) is 3.44. The first-order chi connectivity index (χ1) is 14.7. The molecule has 170 valence electrons. The first-order valence-electron chi connectivity index (χ1n) is 10.3. The van der Waals surface area contributed by atoms with Crippen molar-refractivity contribution in [2.24, 2.45) is 0 Å². The van der Waals surface area contributed by atoms with E-state index in [0.29, 0.717) is 17.2 Å². The largest absolute Gasteiger partial charge is 0.497 e. The van der Waals surface area contributed by atoms with E-state index in [0.717, 1.165) is 48.1 Å². The second-order valence-corrected chi connectivity index (χ2v) is 7.92. The van der Waals surface area contributed by atoms with Crippen LogP contribution in [-0.2, 0) is 24.2 Å². The first-order valence-corrected chi connectivity index (χ1v) is 10.3. The summed E-state index contributed by atoms with van der Waals surface area (Å²) in [7, 11) is 4.77. The number of anilines is 1. The van der Waals surface area contributed by atoms with Crippen molar-refractivity contribution < 1.29 is 29.2 Å². The summed E-state index contributed by atoms with van der Waals surface area (Å²) in [6.45, 7) is 3.15. The van der Waals surface area contributed by atoms with Crippen molar-refractivity contribution in [3.63, 3.8) is 0 Å². The Morgan fingerprint density at radius 1 is 0.968 bits per heavy atom. The minimum absolute atomic E-state index is 0.0736. The molecule has 7 nitrogen and oxygen atoms in total. The lowest BCUT2D eigenvalue weighted by Gasteiger charge is -2.24. The zero-order valence-corrected chi connectivity index (χ0v) is 18.9. The van der Waals surface area contributed by atoms with Crippen molar-refractivity contribution in [2.45, 2.75) is 51.7 Å². The number of carboxylic acids is 1. The Morgan fingerprint density at radius 2 is 1.65 bits per heavy atom. The van der Waals surface area contributed by atoms with Gasteiger partial charge in [-0.3, -0.25) is 0 Å². The third-order valence-corrected chi connectivity index (χ3v) is 5.29. The maximum Gasteiger partial charge on any atom is 0.328 e. The molecule has 0 aliphatic heterocycles. The number of hydrogen-bond acceptors (Lipinski definition) is 6. The highest BCUT2D eigenvalue weighted by atomic mass is 16.5. The van der Waals surface area contributed by atoms with Crippen LogP contribution in [0.3, 0.4) is 0 Å². The molecule has 2 rings (SSSR count). The minimum Gasteiger partial charge on any atom is -0.497 e. The molecular formula is C24H33NO6. The molecule has 31 heavy (non-hydrogen) atoms. The number of rotatable bonds is 12. The Balaban J connectivity index is 2.06. The van der Waals surface area contributed by atoms with Crippen molar-refractivity contribution in [1.29, 1.82) is 0 Å². The van der Waals surface area contributed by atoms with Crippen LogP contribution in [0.15, 0.2) is 30.3 Å². The zero-order chi connectivity index (χ0) is 23.0. The smallest absolute Gasteiger partial charge is 0.328 e. The van der Waals surface area contributed by atoms with Gasteiger partial charge in [0, 0.05) is 6.07 Å². The van der Waals surface area contributed by atoms with E-state index in [-0.39, 0.29) is 6.61 Å². The maximum absolute atomic E-state index is 11.5. The van der Waals surface area contributed by atoms with Crippen LogP contribution >= 0.6 is 0 Å². The van der Waals surface area contributed by atoms with Crippen molar-refractivity contribution in [3.05, 3.63) is 47.0 Å². The third-order valence-electron chi connectivity index (χ3n) is 5.29. The highest BCUT2D eigenvalue weighted by Gasteiger charge is 2.27. The second kappa shape index (κ2) is 10.9. The van der Waals surface area contributed by atoms with Crippen LogP contribution in [0, 0.1) is 0 Å². The Labute approximate surface area is 184 Å². The standard InChI is InChI=1S/C24H33NO6/c1-24(2,23(27)28)25-20-12-16(10-11-21(20)30-4)8-6-7-9-19-17(15-26)13-18(29-3)14-22(19)31-5/h10-14,25-26H,6-9,15H2,1-5H3,(H,27,28). The highest BCUT2D eigenvalue weighted by molar-refractivity contribution is 5.82. The van der Waals surface area contributed by atoms with Gasteiger partial charge >= 0.3 is 5.97 Å². The summed E-state index contributed by atoms with van der Waals surface area (Å²) in [6, 6.07) is 9.46. The van der Waals surface area contributed by atoms with Crippen LogP contribution in [0.25, 0.3) is 0 Å². The molecule has 3 N–H and O–H groups in total. The Bertz CT molecular complexity index is 869. The molecule has 0 atom stereocenters. The predicted octanol–water partition coefficient (Wildman–Crippen LogP) is 4.05. The number of benzene rings is 2. The van der Waals surface area contributed by atoms with Gasteiger partial charge in [-0.25, -0.2) is 4.79 Å². The molecular weight excluding hydrogens is 398 g/mol. The third kappa shape index (κ3) is 6.28. The molecule has 2 aromatic rings. The van der Waals surface area contributed by atoms with E-state index in [1.807, 2.05) is 30.3 Å². The van der Waals surface area contributed by atoms with Gasteiger partial charge < -0.3 is 29.7 Å². The predicted molar refractivity (Wildman–Crippen MR) is 120 cm³/mol. The summed E-state index contributed by atoms with van der Waals surface area (Å²) in [5.41, 5.74) is 2.44. The Hall–Kier alpha value is -2.93. The Kier molecular flexibility index (Phi) is 8.56. The fourth-order valence-electron chi connectivity index (χ4n) is 3.43. The van der Waals surface area contributed by atoms with Gasteiger partial charge in [-0.2, -0.15) is 0 Å². The number of aliphatic hydroxyl groups excluding tert-OH is 1. The fourth-order valence-corrected chi connectivity index (χ4v) is 3.43. The van der Waals surface area contributed by atoms with Crippen molar-refractivity contribution in [3.8, 4) is 17.2 Å². The zero-order valence-electron chi connectivity index (χ0n) is 18.9. The summed E-state index contributed by atoms with van der Waals surface area (Å²) in [5.74, 6) is 1.05. The second-order valence-electron chi connectivity index (χ2n) is 7.92. The van der Waals surface area contributed by atoms with E-state index < -0.39 is 11.5 Å². The molecule has 0 saturated carbocycles. The topological polar surface area (TPSA) is 97.2 Å². The fraction of sp³-hybridized carbons (Fsp3) is 0.458. The average Bonchev–Trinajstić information content (AvgIpc) is 2.76. The van der Waals surface area contributed by atoms with E-state index in [9.17, 15) is 15.0 Å². The van der Waals surface area contributed by atoms with Crippen LogP contribution in [0.4, 0.5) is 5.69 Å². The quantitative estimate of drug-likeness (QED) is 0.436. The number of aliphatic carboxylic acids is 1. The number of ether oxygens (including phenoxy) is 3. The van der Waals surface area contributed by atoms with Crippen LogP contribution in [0.1, 0.15) is 43.4 Å². The van der Waals surface area contributed by atoms with Gasteiger partial charge in [0.1, 0.15) is 22.8 Å². The molecule has 0 fully saturated rings. The summed E-state index contributed by atoms with van der Waals surface area (Å²) >= 11 is 0. The number of carbonyl (C=O) groups is 1. The van der Waals surface area contributed by atoms with Crippen LogP contribution < -0.4 is 19.5 Å². The number of nitrogens with one attached hydrogen (secondary N) is 1. The molecule has 7 heteroatoms. The van der Waals surface area contributed by atoms with Gasteiger partial charge in [0.05, 0.1) is 33.6 Å². The molecule has 0 radical (unpaired) electrons. The lowest BCUT2D eigenvalue weighted by Crippen LogP contribution is -2.40. The molecule has 0 aliphatic carbocycles. The molecule has 0 aromatic heterocycles. The van der Waals surface area contributed by atoms with Crippen LogP contribution in [0.2, 0.25) is 0 Å². The van der Waals surface area contributed by atoms with Gasteiger partial charge in [0.25, 0.3) is 0 Å². The van der Waals surface area contributed by atoms with E-state index in [4.69, 9.17) is 14.2 Å². The van der Waals surface area contributed by atoms with E-state index in [1.54, 1.807) is 35.2 Å². The lowest BCUT2D eigenvalue weighted by molar-refractivity contribution is -0.141. The van der Waals surface area contributed by atoms with Gasteiger partial charge in [0.15, 0.2) is 0 Å². The van der Waals surface area contributed by atoms with Gasteiger partial charge in [-0.05, 0) is 74.4 Å². The van der Waals surface area contributed by atoms with Crippen LogP contribution in [0.5, 0.6) is 17.2 Å². The van der Waals surface area contributed by atoms with E-state index in [1.165, 1.54) is 0 Å². The minimum atomic E-state index is -1.11. The molecule has 0 saturated heterocycles. The lowest BCUT2D eigenvalue weighted by atomic mass is 9.98. The molecule has 0 bridgehead atoms. The summed E-state index contributed by atoms with van der Waals surface area (Å²) in [5, 5.41) is 22.2. The highest BCUT2D eigenvalue weighted by Crippen LogP contribution is 2.31.